The molecule has 0 atom stereocenters. The molecule has 0 radical (unpaired) electrons. The van der Waals surface area contributed by atoms with Crippen LogP contribution in [0.4, 0.5) is 0 Å². The van der Waals surface area contributed by atoms with E-state index in [0.717, 1.165) is 12.8 Å². The predicted octanol–water partition coefficient (Wildman–Crippen LogP) is -0.0310. The van der Waals surface area contributed by atoms with Crippen molar-refractivity contribution in [2.75, 3.05) is 26.7 Å². The molecule has 0 saturated heterocycles. The van der Waals surface area contributed by atoms with E-state index in [4.69, 9.17) is 0 Å². The molecule has 2 N–H and O–H groups in total. The van der Waals surface area contributed by atoms with Crippen LogP contribution in [-0.2, 0) is 9.59 Å². The maximum Gasteiger partial charge on any atom is 0.239 e. The Bertz CT molecular complexity index is 275. The number of carbonyl (C=O) groups is 2. The van der Waals surface area contributed by atoms with Gasteiger partial charge in [-0.1, -0.05) is 13.8 Å². The van der Waals surface area contributed by atoms with Crippen molar-refractivity contribution >= 4 is 11.8 Å². The van der Waals surface area contributed by atoms with E-state index in [9.17, 15) is 9.59 Å². The minimum absolute atomic E-state index is 0.0309. The Kier molecular flexibility index (Phi) is 5.41. The average molecular weight is 241 g/mol. The average Bonchev–Trinajstić information content (AvgIpc) is 3.06. The van der Waals surface area contributed by atoms with Crippen LogP contribution in [0.25, 0.3) is 0 Å². The molecule has 1 aliphatic rings. The lowest BCUT2D eigenvalue weighted by molar-refractivity contribution is -0.134. The third-order valence-electron chi connectivity index (χ3n) is 2.63. The minimum Gasteiger partial charge on any atom is -0.354 e. The van der Waals surface area contributed by atoms with Gasteiger partial charge < -0.3 is 15.5 Å². The lowest BCUT2D eigenvalue weighted by atomic mass is 10.2. The number of hydrogen-bond donors (Lipinski definition) is 2. The lowest BCUT2D eigenvalue weighted by Crippen LogP contribution is -2.43. The second-order valence-electron chi connectivity index (χ2n) is 5.10. The molecule has 0 spiro atoms. The Balaban J connectivity index is 2.14. The third-order valence-corrected chi connectivity index (χ3v) is 2.63. The van der Waals surface area contributed by atoms with Gasteiger partial charge in [0.15, 0.2) is 0 Å². The van der Waals surface area contributed by atoms with Crippen molar-refractivity contribution in [1.29, 1.82) is 0 Å². The molecule has 1 aliphatic carbocycles. The van der Waals surface area contributed by atoms with Crippen molar-refractivity contribution in [3.05, 3.63) is 0 Å². The molecule has 98 valence electrons. The van der Waals surface area contributed by atoms with E-state index in [2.05, 4.69) is 10.6 Å². The van der Waals surface area contributed by atoms with Crippen molar-refractivity contribution in [1.82, 2.24) is 15.5 Å². The summed E-state index contributed by atoms with van der Waals surface area (Å²) >= 11 is 0. The van der Waals surface area contributed by atoms with Gasteiger partial charge in [0.2, 0.25) is 11.8 Å². The van der Waals surface area contributed by atoms with E-state index in [1.54, 1.807) is 7.05 Å². The van der Waals surface area contributed by atoms with Gasteiger partial charge in [0.05, 0.1) is 13.1 Å². The number of amides is 2. The van der Waals surface area contributed by atoms with Gasteiger partial charge in [-0.15, -0.1) is 0 Å². The van der Waals surface area contributed by atoms with Crippen LogP contribution >= 0.6 is 0 Å². The van der Waals surface area contributed by atoms with Crippen LogP contribution in [0.3, 0.4) is 0 Å². The van der Waals surface area contributed by atoms with Crippen LogP contribution in [-0.4, -0.2) is 49.4 Å². The summed E-state index contributed by atoms with van der Waals surface area (Å²) in [7, 11) is 1.66. The number of carbonyl (C=O) groups excluding carboxylic acids is 2. The first-order valence-electron chi connectivity index (χ1n) is 6.23. The smallest absolute Gasteiger partial charge is 0.239 e. The van der Waals surface area contributed by atoms with Crippen molar-refractivity contribution < 1.29 is 9.59 Å². The van der Waals surface area contributed by atoms with E-state index >= 15 is 0 Å². The molecule has 0 aromatic carbocycles. The summed E-state index contributed by atoms with van der Waals surface area (Å²) in [5, 5.41) is 5.93. The second-order valence-corrected chi connectivity index (χ2v) is 5.10. The molecule has 2 amide bonds. The molecular weight excluding hydrogens is 218 g/mol. The Morgan fingerprint density at radius 2 is 2.00 bits per heavy atom. The van der Waals surface area contributed by atoms with Gasteiger partial charge in [-0.25, -0.2) is 0 Å². The zero-order valence-electron chi connectivity index (χ0n) is 11.0. The maximum atomic E-state index is 11.6. The van der Waals surface area contributed by atoms with Crippen LogP contribution in [0, 0.1) is 5.92 Å². The Hall–Kier alpha value is -1.10. The first-order chi connectivity index (χ1) is 7.99. The molecule has 17 heavy (non-hydrogen) atoms. The third kappa shape index (κ3) is 6.26. The molecule has 5 heteroatoms. The van der Waals surface area contributed by atoms with Crippen LogP contribution in [0.15, 0.2) is 0 Å². The largest absolute Gasteiger partial charge is 0.354 e. The standard InChI is InChI=1S/C12H23N3O2/c1-9(2)6-14-11(16)8-15(3)12(17)7-13-10-4-5-10/h9-10,13H,4-8H2,1-3H3,(H,14,16). The summed E-state index contributed by atoms with van der Waals surface area (Å²) < 4.78 is 0. The summed E-state index contributed by atoms with van der Waals surface area (Å²) in [6, 6.07) is 0.516. The normalized spacial score (nSPS) is 14.8. The molecule has 0 aromatic rings. The summed E-state index contributed by atoms with van der Waals surface area (Å²) in [4.78, 5) is 24.6. The highest BCUT2D eigenvalue weighted by Gasteiger charge is 2.22. The first-order valence-corrected chi connectivity index (χ1v) is 6.23. The van der Waals surface area contributed by atoms with Crippen LogP contribution < -0.4 is 10.6 Å². The van der Waals surface area contributed by atoms with Gasteiger partial charge >= 0.3 is 0 Å². The molecule has 1 fully saturated rings. The van der Waals surface area contributed by atoms with Crippen molar-refractivity contribution in [2.45, 2.75) is 32.7 Å². The zero-order valence-corrected chi connectivity index (χ0v) is 11.0. The Labute approximate surface area is 103 Å². The molecule has 0 heterocycles. The van der Waals surface area contributed by atoms with Crippen LogP contribution in [0.1, 0.15) is 26.7 Å². The molecule has 1 saturated carbocycles. The quantitative estimate of drug-likeness (QED) is 0.658. The fraction of sp³-hybridized carbons (Fsp3) is 0.833. The van der Waals surface area contributed by atoms with Crippen LogP contribution in [0.2, 0.25) is 0 Å². The number of rotatable bonds is 7. The van der Waals surface area contributed by atoms with Gasteiger partial charge in [0.1, 0.15) is 0 Å². The molecule has 0 aromatic heterocycles. The fourth-order valence-electron chi connectivity index (χ4n) is 1.33. The van der Waals surface area contributed by atoms with E-state index in [0.29, 0.717) is 25.0 Å². The zero-order chi connectivity index (χ0) is 12.8. The van der Waals surface area contributed by atoms with E-state index < -0.39 is 0 Å². The van der Waals surface area contributed by atoms with E-state index in [1.165, 1.54) is 4.90 Å². The molecule has 1 rings (SSSR count). The van der Waals surface area contributed by atoms with E-state index in [1.807, 2.05) is 13.8 Å². The van der Waals surface area contributed by atoms with Crippen molar-refractivity contribution in [3.8, 4) is 0 Å². The van der Waals surface area contributed by atoms with E-state index in [-0.39, 0.29) is 18.4 Å². The number of nitrogens with one attached hydrogen (secondary N) is 2. The SMILES string of the molecule is CC(C)CNC(=O)CN(C)C(=O)CNC1CC1. The maximum absolute atomic E-state index is 11.6. The first kappa shape index (κ1) is 14.0. The molecule has 0 unspecified atom stereocenters. The van der Waals surface area contributed by atoms with Gasteiger partial charge in [-0.05, 0) is 18.8 Å². The second kappa shape index (κ2) is 6.59. The number of likely N-dealkylation sites (N-methyl/N-ethyl adjacent to an activating group) is 1. The van der Waals surface area contributed by atoms with Crippen LogP contribution in [0.5, 0.6) is 0 Å². The fourth-order valence-corrected chi connectivity index (χ4v) is 1.33. The van der Waals surface area contributed by atoms with Gasteiger partial charge in [-0.2, -0.15) is 0 Å². The summed E-state index contributed by atoms with van der Waals surface area (Å²) in [6.07, 6.45) is 2.32. The molecule has 0 bridgehead atoms. The summed E-state index contributed by atoms with van der Waals surface area (Å²) in [5.74, 6) is 0.300. The highest BCUT2D eigenvalue weighted by molar-refractivity contribution is 5.85. The highest BCUT2D eigenvalue weighted by Crippen LogP contribution is 2.17. The topological polar surface area (TPSA) is 61.4 Å². The van der Waals surface area contributed by atoms with Gasteiger partial charge in [-0.3, -0.25) is 9.59 Å². The number of hydrogen-bond acceptors (Lipinski definition) is 3. The molecule has 0 aliphatic heterocycles. The molecular formula is C12H23N3O2. The predicted molar refractivity (Wildman–Crippen MR) is 66.5 cm³/mol. The summed E-state index contributed by atoms with van der Waals surface area (Å²) in [6.45, 7) is 5.20. The summed E-state index contributed by atoms with van der Waals surface area (Å²) in [5.41, 5.74) is 0. The lowest BCUT2D eigenvalue weighted by Gasteiger charge is -2.17. The Morgan fingerprint density at radius 1 is 1.35 bits per heavy atom. The van der Waals surface area contributed by atoms with Crippen molar-refractivity contribution in [2.24, 2.45) is 5.92 Å². The Morgan fingerprint density at radius 3 is 2.53 bits per heavy atom. The van der Waals surface area contributed by atoms with Gasteiger partial charge in [0, 0.05) is 19.6 Å². The molecule has 5 nitrogen and oxygen atoms in total. The highest BCUT2D eigenvalue weighted by atomic mass is 16.2. The minimum atomic E-state index is -0.0963. The monoisotopic (exact) mass is 241 g/mol. The number of nitrogens with zero attached hydrogens (tertiary/aromatic N) is 1. The van der Waals surface area contributed by atoms with Gasteiger partial charge in [0.25, 0.3) is 0 Å². The van der Waals surface area contributed by atoms with Crippen molar-refractivity contribution in [3.63, 3.8) is 0 Å².